The quantitative estimate of drug-likeness (QED) is 0.532. The molecule has 0 spiro atoms. The fraction of sp³-hybridized carbons (Fsp3) is 0.417. The van der Waals surface area contributed by atoms with Gasteiger partial charge >= 0.3 is 0 Å². The summed E-state index contributed by atoms with van der Waals surface area (Å²) in [6, 6.07) is 0. The predicted molar refractivity (Wildman–Crippen MR) is 76.2 cm³/mol. The molecular formula is C12H18N4O2S. The summed E-state index contributed by atoms with van der Waals surface area (Å²) >= 11 is 4.26. The number of allylic oxidation sites excluding steroid dienone is 1. The van der Waals surface area contributed by atoms with Gasteiger partial charge < -0.3 is 15.7 Å². The Balaban J connectivity index is 2.93. The number of carbonyl (C=O) groups excluding carboxylic acids is 1. The molecule has 6 nitrogen and oxygen atoms in total. The maximum Gasteiger partial charge on any atom is 0.214 e. The van der Waals surface area contributed by atoms with Gasteiger partial charge in [-0.05, 0) is 13.8 Å². The first-order valence-electron chi connectivity index (χ1n) is 5.79. The van der Waals surface area contributed by atoms with E-state index in [1.165, 1.54) is 4.90 Å². The smallest absolute Gasteiger partial charge is 0.214 e. The molecular weight excluding hydrogens is 264 g/mol. The third-order valence-electron chi connectivity index (χ3n) is 2.68. The zero-order chi connectivity index (χ0) is 14.4. The number of amides is 1. The molecule has 0 atom stereocenters. The number of aromatic nitrogens is 2. The van der Waals surface area contributed by atoms with E-state index in [2.05, 4.69) is 22.6 Å². The molecule has 1 aromatic rings. The molecule has 0 bridgehead atoms. The summed E-state index contributed by atoms with van der Waals surface area (Å²) in [6.45, 7) is 3.77. The summed E-state index contributed by atoms with van der Waals surface area (Å²) in [5.74, 6) is 0.941. The molecule has 1 heterocycles. The third kappa shape index (κ3) is 4.22. The summed E-state index contributed by atoms with van der Waals surface area (Å²) in [6.07, 6.45) is 2.70. The zero-order valence-electron chi connectivity index (χ0n) is 11.0. The van der Waals surface area contributed by atoms with Crippen LogP contribution in [0.3, 0.4) is 0 Å². The van der Waals surface area contributed by atoms with Crippen molar-refractivity contribution in [2.24, 2.45) is 0 Å². The highest BCUT2D eigenvalue weighted by molar-refractivity contribution is 7.84. The lowest BCUT2D eigenvalue weighted by Gasteiger charge is -2.20. The Labute approximate surface area is 117 Å². The first kappa shape index (κ1) is 15.5. The number of hydrogen-bond donors (Lipinski definition) is 3. The number of nitrogens with two attached hydrogens (primary N) is 1. The van der Waals surface area contributed by atoms with E-state index in [1.54, 1.807) is 20.0 Å². The van der Waals surface area contributed by atoms with Gasteiger partial charge in [0.05, 0.1) is 6.54 Å². The van der Waals surface area contributed by atoms with Crippen LogP contribution >= 0.6 is 12.6 Å². The Morgan fingerprint density at radius 3 is 2.84 bits per heavy atom. The van der Waals surface area contributed by atoms with Gasteiger partial charge in [-0.25, -0.2) is 9.97 Å². The second-order valence-corrected chi connectivity index (χ2v) is 4.61. The van der Waals surface area contributed by atoms with Crippen LogP contribution in [-0.2, 0) is 11.3 Å². The number of rotatable bonds is 6. The lowest BCUT2D eigenvalue weighted by atomic mass is 10.2. The van der Waals surface area contributed by atoms with Crippen LogP contribution in [-0.4, -0.2) is 33.0 Å². The molecule has 3 N–H and O–H groups in total. The topological polar surface area (TPSA) is 92.3 Å². The van der Waals surface area contributed by atoms with Crippen LogP contribution in [0.5, 0.6) is 0 Å². The molecule has 1 rings (SSSR count). The van der Waals surface area contributed by atoms with Crippen LogP contribution in [0, 0.1) is 6.92 Å². The van der Waals surface area contributed by atoms with E-state index in [-0.39, 0.29) is 13.2 Å². The average Bonchev–Trinajstić information content (AvgIpc) is 2.37. The summed E-state index contributed by atoms with van der Waals surface area (Å²) in [5, 5.41) is 8.87. The van der Waals surface area contributed by atoms with Crippen LogP contribution in [0.4, 0.5) is 5.82 Å². The van der Waals surface area contributed by atoms with Crippen LogP contribution in [0.2, 0.25) is 0 Å². The maximum atomic E-state index is 11.2. The van der Waals surface area contributed by atoms with Gasteiger partial charge in [0.25, 0.3) is 0 Å². The predicted octanol–water partition coefficient (Wildman–Crippen LogP) is 0.869. The highest BCUT2D eigenvalue weighted by atomic mass is 32.1. The van der Waals surface area contributed by atoms with Crippen LogP contribution in [0.15, 0.2) is 16.8 Å². The number of nitrogens with zero attached hydrogens (tertiary/aromatic N) is 3. The summed E-state index contributed by atoms with van der Waals surface area (Å²) in [4.78, 5) is 21.4. The van der Waals surface area contributed by atoms with Gasteiger partial charge in [-0.1, -0.05) is 0 Å². The summed E-state index contributed by atoms with van der Waals surface area (Å²) in [7, 11) is 0. The highest BCUT2D eigenvalue weighted by Gasteiger charge is 2.11. The molecule has 104 valence electrons. The molecule has 0 saturated heterocycles. The third-order valence-corrected chi connectivity index (χ3v) is 3.23. The Bertz CT molecular complexity index is 491. The Morgan fingerprint density at radius 1 is 1.63 bits per heavy atom. The van der Waals surface area contributed by atoms with Crippen LogP contribution in [0.25, 0.3) is 0 Å². The van der Waals surface area contributed by atoms with Crippen molar-refractivity contribution < 1.29 is 9.90 Å². The van der Waals surface area contributed by atoms with E-state index in [0.717, 1.165) is 0 Å². The van der Waals surface area contributed by atoms with E-state index in [9.17, 15) is 4.79 Å². The fourth-order valence-electron chi connectivity index (χ4n) is 1.51. The number of hydrogen-bond acceptors (Lipinski definition) is 6. The van der Waals surface area contributed by atoms with Crippen molar-refractivity contribution in [3.63, 3.8) is 0 Å². The molecule has 0 unspecified atom stereocenters. The van der Waals surface area contributed by atoms with Crippen molar-refractivity contribution in [2.75, 3.05) is 12.3 Å². The maximum absolute atomic E-state index is 11.2. The van der Waals surface area contributed by atoms with Gasteiger partial charge in [0.1, 0.15) is 11.6 Å². The average molecular weight is 282 g/mol. The van der Waals surface area contributed by atoms with E-state index >= 15 is 0 Å². The Hall–Kier alpha value is -1.60. The number of aliphatic hydroxyl groups excluding tert-OH is 1. The minimum Gasteiger partial charge on any atom is -0.396 e. The lowest BCUT2D eigenvalue weighted by molar-refractivity contribution is -0.116. The molecule has 7 heteroatoms. The Morgan fingerprint density at radius 2 is 2.32 bits per heavy atom. The molecule has 0 radical (unpaired) electrons. The van der Waals surface area contributed by atoms with Gasteiger partial charge in [0.15, 0.2) is 0 Å². The molecule has 0 aliphatic carbocycles. The van der Waals surface area contributed by atoms with Gasteiger partial charge in [0, 0.05) is 35.4 Å². The number of carbonyl (C=O) groups is 1. The lowest BCUT2D eigenvalue weighted by Crippen LogP contribution is -2.21. The SMILES string of the molecule is C/C(=C(/S)CCO)N(C=O)Cc1cnc(C)nc1N. The van der Waals surface area contributed by atoms with E-state index < -0.39 is 0 Å². The summed E-state index contributed by atoms with van der Waals surface area (Å²) in [5.41, 5.74) is 7.13. The second-order valence-electron chi connectivity index (χ2n) is 4.07. The van der Waals surface area contributed by atoms with Crippen molar-refractivity contribution in [2.45, 2.75) is 26.8 Å². The number of aryl methyl sites for hydroxylation is 1. The monoisotopic (exact) mass is 282 g/mol. The number of aliphatic hydroxyl groups is 1. The van der Waals surface area contributed by atoms with Gasteiger partial charge in [0.2, 0.25) is 6.41 Å². The number of thiol groups is 1. The van der Waals surface area contributed by atoms with Crippen LogP contribution in [0.1, 0.15) is 24.7 Å². The Kier molecular flexibility index (Phi) is 5.78. The summed E-state index contributed by atoms with van der Waals surface area (Å²) < 4.78 is 0. The molecule has 19 heavy (non-hydrogen) atoms. The van der Waals surface area contributed by atoms with Crippen molar-refractivity contribution >= 4 is 24.9 Å². The minimum absolute atomic E-state index is 0.0152. The number of nitrogen functional groups attached to an aromatic ring is 1. The molecule has 0 saturated carbocycles. The van der Waals surface area contributed by atoms with E-state index in [1.807, 2.05) is 0 Å². The van der Waals surface area contributed by atoms with Gasteiger partial charge in [-0.2, -0.15) is 0 Å². The fourth-order valence-corrected chi connectivity index (χ4v) is 1.73. The largest absolute Gasteiger partial charge is 0.396 e. The first-order valence-corrected chi connectivity index (χ1v) is 6.23. The van der Waals surface area contributed by atoms with Crippen molar-refractivity contribution in [1.29, 1.82) is 0 Å². The molecule has 0 aromatic carbocycles. The number of anilines is 1. The van der Waals surface area contributed by atoms with Gasteiger partial charge in [-0.15, -0.1) is 12.6 Å². The normalized spacial score (nSPS) is 12.0. The van der Waals surface area contributed by atoms with Crippen molar-refractivity contribution in [1.82, 2.24) is 14.9 Å². The first-order chi connectivity index (χ1) is 8.99. The second kappa shape index (κ2) is 7.10. The molecule has 1 aromatic heterocycles. The van der Waals surface area contributed by atoms with Crippen molar-refractivity contribution in [3.8, 4) is 0 Å². The molecule has 0 aliphatic heterocycles. The van der Waals surface area contributed by atoms with E-state index in [0.29, 0.717) is 40.6 Å². The van der Waals surface area contributed by atoms with E-state index in [4.69, 9.17) is 10.8 Å². The van der Waals surface area contributed by atoms with Gasteiger partial charge in [-0.3, -0.25) is 4.79 Å². The van der Waals surface area contributed by atoms with Crippen molar-refractivity contribution in [3.05, 3.63) is 28.2 Å². The molecule has 0 aliphatic rings. The van der Waals surface area contributed by atoms with Crippen LogP contribution < -0.4 is 5.73 Å². The molecule has 1 amide bonds. The minimum atomic E-state index is -0.0152. The zero-order valence-corrected chi connectivity index (χ0v) is 11.9. The molecule has 0 fully saturated rings. The standard InChI is InChI=1S/C12H18N4O2S/c1-8(11(19)3-4-17)16(7-18)6-10-5-14-9(2)15-12(10)13/h5,7,17,19H,3-4,6H2,1-2H3,(H2,13,14,15)/b11-8-. The highest BCUT2D eigenvalue weighted by Crippen LogP contribution is 2.19.